The summed E-state index contributed by atoms with van der Waals surface area (Å²) < 4.78 is 32.1. The Labute approximate surface area is 113 Å². The van der Waals surface area contributed by atoms with Gasteiger partial charge in [0.05, 0.1) is 11.0 Å². The smallest absolute Gasteiger partial charge is 0.240 e. The van der Waals surface area contributed by atoms with Crippen LogP contribution in [0.4, 0.5) is 0 Å². The highest BCUT2D eigenvalue weighted by Gasteiger charge is 2.47. The molecule has 1 aliphatic heterocycles. The molecule has 1 heterocycles. The maximum absolute atomic E-state index is 12.1. The maximum atomic E-state index is 12.1. The summed E-state index contributed by atoms with van der Waals surface area (Å²) in [4.78, 5) is 0.235. The molecule has 106 valence electrons. The van der Waals surface area contributed by atoms with Crippen molar-refractivity contribution in [1.82, 2.24) is 4.72 Å². The molecule has 1 aromatic carbocycles. The predicted molar refractivity (Wildman–Crippen MR) is 71.3 cm³/mol. The molecular weight excluding hydrogens is 266 g/mol. The summed E-state index contributed by atoms with van der Waals surface area (Å²) in [5.74, 6) is 0. The maximum Gasteiger partial charge on any atom is 0.240 e. The molecule has 0 radical (unpaired) electrons. The van der Waals surface area contributed by atoms with Crippen molar-refractivity contribution < 1.29 is 18.3 Å². The molecule has 1 aromatic rings. The Morgan fingerprint density at radius 2 is 1.79 bits per heavy atom. The lowest BCUT2D eigenvalue weighted by atomic mass is 10.1. The Hall–Kier alpha value is -0.950. The SMILES string of the molecule is Cc1ccc(S(=O)(=O)N[C@@H](C)[C@H]2O[C@@H]2[C@H](C)O)cc1. The number of nitrogens with one attached hydrogen (secondary N) is 1. The van der Waals surface area contributed by atoms with E-state index >= 15 is 0 Å². The molecule has 0 amide bonds. The van der Waals surface area contributed by atoms with Gasteiger partial charge in [0.2, 0.25) is 10.0 Å². The van der Waals surface area contributed by atoms with Crippen LogP contribution in [0.5, 0.6) is 0 Å². The van der Waals surface area contributed by atoms with E-state index in [-0.39, 0.29) is 23.1 Å². The van der Waals surface area contributed by atoms with Crippen LogP contribution in [0.3, 0.4) is 0 Å². The number of benzene rings is 1. The molecule has 0 bridgehead atoms. The fourth-order valence-electron chi connectivity index (χ4n) is 2.02. The summed E-state index contributed by atoms with van der Waals surface area (Å²) in [6.45, 7) is 5.27. The molecule has 0 aliphatic carbocycles. The number of rotatable bonds is 5. The van der Waals surface area contributed by atoms with Gasteiger partial charge in [0.15, 0.2) is 0 Å². The first-order valence-electron chi connectivity index (χ1n) is 6.24. The number of hydrogen-bond acceptors (Lipinski definition) is 4. The Balaban J connectivity index is 2.04. The molecule has 4 atom stereocenters. The van der Waals surface area contributed by atoms with Crippen LogP contribution < -0.4 is 4.72 Å². The van der Waals surface area contributed by atoms with Gasteiger partial charge in [0, 0.05) is 6.04 Å². The molecule has 1 saturated heterocycles. The number of ether oxygens (including phenoxy) is 1. The molecule has 2 N–H and O–H groups in total. The normalized spacial score (nSPS) is 25.9. The van der Waals surface area contributed by atoms with Crippen molar-refractivity contribution in [3.05, 3.63) is 29.8 Å². The Bertz CT molecular complexity index is 538. The van der Waals surface area contributed by atoms with E-state index in [4.69, 9.17) is 4.74 Å². The third kappa shape index (κ3) is 3.33. The van der Waals surface area contributed by atoms with Gasteiger partial charge in [0.25, 0.3) is 0 Å². The van der Waals surface area contributed by atoms with E-state index < -0.39 is 16.1 Å². The number of hydrogen-bond donors (Lipinski definition) is 2. The average molecular weight is 285 g/mol. The second-order valence-electron chi connectivity index (χ2n) is 5.03. The lowest BCUT2D eigenvalue weighted by molar-refractivity contribution is 0.152. The summed E-state index contributed by atoms with van der Waals surface area (Å²) >= 11 is 0. The van der Waals surface area contributed by atoms with Crippen molar-refractivity contribution >= 4 is 10.0 Å². The molecule has 0 spiro atoms. The highest BCUT2D eigenvalue weighted by molar-refractivity contribution is 7.89. The van der Waals surface area contributed by atoms with Crippen LogP contribution in [0.25, 0.3) is 0 Å². The zero-order valence-electron chi connectivity index (χ0n) is 11.2. The number of aryl methyl sites for hydroxylation is 1. The summed E-state index contributed by atoms with van der Waals surface area (Å²) in [6, 6.07) is 6.29. The quantitative estimate of drug-likeness (QED) is 0.785. The summed E-state index contributed by atoms with van der Waals surface area (Å²) in [6.07, 6.45) is -1.13. The lowest BCUT2D eigenvalue weighted by Gasteiger charge is -2.12. The van der Waals surface area contributed by atoms with Gasteiger partial charge in [-0.15, -0.1) is 0 Å². The van der Waals surface area contributed by atoms with Gasteiger partial charge in [-0.2, -0.15) is 0 Å². The molecule has 6 heteroatoms. The minimum absolute atomic E-state index is 0.235. The minimum atomic E-state index is -3.54. The van der Waals surface area contributed by atoms with Crippen molar-refractivity contribution in [3.63, 3.8) is 0 Å². The van der Waals surface area contributed by atoms with Gasteiger partial charge in [0.1, 0.15) is 12.2 Å². The highest BCUT2D eigenvalue weighted by Crippen LogP contribution is 2.29. The van der Waals surface area contributed by atoms with E-state index in [2.05, 4.69) is 4.72 Å². The first-order valence-corrected chi connectivity index (χ1v) is 7.72. The van der Waals surface area contributed by atoms with Crippen molar-refractivity contribution in [3.8, 4) is 0 Å². The summed E-state index contributed by atoms with van der Waals surface area (Å²) in [5, 5.41) is 9.36. The number of sulfonamides is 1. The Morgan fingerprint density at radius 1 is 1.21 bits per heavy atom. The van der Waals surface area contributed by atoms with Gasteiger partial charge in [-0.3, -0.25) is 0 Å². The third-order valence-corrected chi connectivity index (χ3v) is 4.78. The Morgan fingerprint density at radius 3 is 2.26 bits per heavy atom. The molecule has 2 rings (SSSR count). The first-order chi connectivity index (χ1) is 8.81. The molecule has 5 nitrogen and oxygen atoms in total. The zero-order chi connectivity index (χ0) is 14.2. The van der Waals surface area contributed by atoms with Gasteiger partial charge >= 0.3 is 0 Å². The molecule has 0 aromatic heterocycles. The van der Waals surface area contributed by atoms with Gasteiger partial charge in [-0.1, -0.05) is 17.7 Å². The van der Waals surface area contributed by atoms with Crippen molar-refractivity contribution in [2.45, 2.75) is 50.0 Å². The molecule has 0 saturated carbocycles. The largest absolute Gasteiger partial charge is 0.391 e. The molecule has 0 unspecified atom stereocenters. The van der Waals surface area contributed by atoms with Crippen LogP contribution in [0.1, 0.15) is 19.4 Å². The predicted octanol–water partition coefficient (Wildman–Crippen LogP) is 0.810. The van der Waals surface area contributed by atoms with Crippen LogP contribution in [0, 0.1) is 6.92 Å². The monoisotopic (exact) mass is 285 g/mol. The van der Waals surface area contributed by atoms with Gasteiger partial charge in [-0.05, 0) is 32.9 Å². The van der Waals surface area contributed by atoms with Gasteiger partial charge in [-0.25, -0.2) is 13.1 Å². The van der Waals surface area contributed by atoms with Crippen molar-refractivity contribution in [2.24, 2.45) is 0 Å². The van der Waals surface area contributed by atoms with Crippen LogP contribution in [0.15, 0.2) is 29.2 Å². The van der Waals surface area contributed by atoms with Crippen LogP contribution in [-0.2, 0) is 14.8 Å². The van der Waals surface area contributed by atoms with E-state index in [1.54, 1.807) is 38.1 Å². The minimum Gasteiger partial charge on any atom is -0.391 e. The van der Waals surface area contributed by atoms with Crippen LogP contribution in [0.2, 0.25) is 0 Å². The number of epoxide rings is 1. The lowest BCUT2D eigenvalue weighted by Crippen LogP contribution is -2.38. The fourth-order valence-corrected chi connectivity index (χ4v) is 3.28. The van der Waals surface area contributed by atoms with E-state index in [1.165, 1.54) is 0 Å². The zero-order valence-corrected chi connectivity index (χ0v) is 12.0. The Kier molecular flexibility index (Phi) is 3.96. The van der Waals surface area contributed by atoms with E-state index in [0.717, 1.165) is 5.56 Å². The van der Waals surface area contributed by atoms with Crippen LogP contribution in [-0.4, -0.2) is 37.9 Å². The van der Waals surface area contributed by atoms with Crippen molar-refractivity contribution in [2.75, 3.05) is 0 Å². The first kappa shape index (κ1) is 14.5. The standard InChI is InChI=1S/C13H19NO4S/c1-8-4-6-11(7-5-8)19(16,17)14-9(2)12-13(18-12)10(3)15/h4-7,9-10,12-15H,1-3H3/t9-,10-,12+,13+/m0/s1. The van der Waals surface area contributed by atoms with Gasteiger partial charge < -0.3 is 9.84 Å². The second kappa shape index (κ2) is 5.20. The molecule has 19 heavy (non-hydrogen) atoms. The highest BCUT2D eigenvalue weighted by atomic mass is 32.2. The fraction of sp³-hybridized carbons (Fsp3) is 0.538. The topological polar surface area (TPSA) is 78.9 Å². The third-order valence-electron chi connectivity index (χ3n) is 3.20. The van der Waals surface area contributed by atoms with E-state index in [9.17, 15) is 13.5 Å². The number of aliphatic hydroxyl groups is 1. The van der Waals surface area contributed by atoms with Crippen molar-refractivity contribution in [1.29, 1.82) is 0 Å². The average Bonchev–Trinajstić information content (AvgIpc) is 3.08. The second-order valence-corrected chi connectivity index (χ2v) is 6.74. The molecule has 1 aliphatic rings. The van der Waals surface area contributed by atoms with E-state index in [1.807, 2.05) is 6.92 Å². The van der Waals surface area contributed by atoms with Crippen LogP contribution >= 0.6 is 0 Å². The summed E-state index contributed by atoms with van der Waals surface area (Å²) in [5.41, 5.74) is 1.01. The number of aliphatic hydroxyl groups excluding tert-OH is 1. The molecule has 1 fully saturated rings. The van der Waals surface area contributed by atoms with E-state index in [0.29, 0.717) is 0 Å². The molecular formula is C13H19NO4S. The summed E-state index contributed by atoms with van der Waals surface area (Å²) in [7, 11) is -3.54.